The molecule has 0 bridgehead atoms. The molecule has 4 heteroatoms. The molecule has 0 aromatic carbocycles. The van der Waals surface area contributed by atoms with Gasteiger partial charge in [-0.2, -0.15) is 0 Å². The molecule has 0 saturated heterocycles. The molecule has 1 heterocycles. The van der Waals surface area contributed by atoms with Crippen LogP contribution in [0.15, 0.2) is 6.07 Å². The smallest absolute Gasteiger partial charge is 0.133 e. The lowest BCUT2D eigenvalue weighted by Gasteiger charge is -1.85. The molecule has 0 aliphatic carbocycles. The van der Waals surface area contributed by atoms with Crippen LogP contribution in [0.1, 0.15) is 9.75 Å². The van der Waals surface area contributed by atoms with Crippen LogP contribution in [0.2, 0.25) is 5.02 Å². The summed E-state index contributed by atoms with van der Waals surface area (Å²) in [6.07, 6.45) is 0. The third-order valence-corrected chi connectivity index (χ3v) is 2.71. The fraction of sp³-hybridized carbons (Fsp3) is 0.167. The van der Waals surface area contributed by atoms with E-state index in [1.165, 1.54) is 11.3 Å². The lowest BCUT2D eigenvalue weighted by molar-refractivity contribution is 1.45. The van der Waals surface area contributed by atoms with Crippen LogP contribution in [0.3, 0.4) is 0 Å². The molecule has 0 fully saturated rings. The SMILES string of the molecule is Cc1sc(C(=N)N)cc1Cl. The number of nitrogens with one attached hydrogen (secondary N) is 1. The molecular formula is C6H7ClN2S. The molecule has 2 nitrogen and oxygen atoms in total. The van der Waals surface area contributed by atoms with Crippen LogP contribution < -0.4 is 5.73 Å². The molecule has 1 rings (SSSR count). The van der Waals surface area contributed by atoms with Gasteiger partial charge >= 0.3 is 0 Å². The van der Waals surface area contributed by atoms with Gasteiger partial charge in [0.25, 0.3) is 0 Å². The van der Waals surface area contributed by atoms with Gasteiger partial charge in [0.2, 0.25) is 0 Å². The first-order chi connectivity index (χ1) is 4.61. The van der Waals surface area contributed by atoms with Crippen molar-refractivity contribution in [3.05, 3.63) is 20.8 Å². The van der Waals surface area contributed by atoms with Gasteiger partial charge < -0.3 is 5.73 Å². The van der Waals surface area contributed by atoms with Crippen molar-refractivity contribution in [2.75, 3.05) is 0 Å². The first-order valence-corrected chi connectivity index (χ1v) is 3.91. The largest absolute Gasteiger partial charge is 0.383 e. The molecular weight excluding hydrogens is 168 g/mol. The number of hydrogen-bond donors (Lipinski definition) is 2. The van der Waals surface area contributed by atoms with Gasteiger partial charge in [-0.1, -0.05) is 11.6 Å². The van der Waals surface area contributed by atoms with Gasteiger partial charge in [0.1, 0.15) is 5.84 Å². The molecule has 0 saturated carbocycles. The number of thiophene rings is 1. The number of nitrogens with two attached hydrogens (primary N) is 1. The Morgan fingerprint density at radius 2 is 2.40 bits per heavy atom. The Balaban J connectivity index is 3.10. The van der Waals surface area contributed by atoms with E-state index in [1.807, 2.05) is 6.92 Å². The minimum Gasteiger partial charge on any atom is -0.383 e. The summed E-state index contributed by atoms with van der Waals surface area (Å²) in [6.45, 7) is 1.90. The Kier molecular flexibility index (Phi) is 1.97. The highest BCUT2D eigenvalue weighted by molar-refractivity contribution is 7.14. The van der Waals surface area contributed by atoms with Crippen LogP contribution >= 0.6 is 22.9 Å². The molecule has 0 spiro atoms. The minimum absolute atomic E-state index is 0.0833. The monoisotopic (exact) mass is 174 g/mol. The van der Waals surface area contributed by atoms with E-state index in [9.17, 15) is 0 Å². The molecule has 1 aromatic heterocycles. The Hall–Kier alpha value is -0.540. The van der Waals surface area contributed by atoms with E-state index in [2.05, 4.69) is 0 Å². The molecule has 0 atom stereocenters. The summed E-state index contributed by atoms with van der Waals surface area (Å²) in [7, 11) is 0. The molecule has 0 radical (unpaired) electrons. The second kappa shape index (κ2) is 2.60. The van der Waals surface area contributed by atoms with Gasteiger partial charge in [0, 0.05) is 4.88 Å². The second-order valence-corrected chi connectivity index (χ2v) is 3.59. The normalized spacial score (nSPS) is 9.80. The van der Waals surface area contributed by atoms with Crippen molar-refractivity contribution in [2.24, 2.45) is 5.73 Å². The zero-order valence-electron chi connectivity index (χ0n) is 5.44. The lowest BCUT2D eigenvalue weighted by Crippen LogP contribution is -2.08. The predicted octanol–water partition coefficient (Wildman–Crippen LogP) is 1.99. The zero-order valence-corrected chi connectivity index (χ0v) is 7.01. The second-order valence-electron chi connectivity index (χ2n) is 1.93. The number of aryl methyl sites for hydroxylation is 1. The fourth-order valence-electron chi connectivity index (χ4n) is 0.593. The van der Waals surface area contributed by atoms with Crippen LogP contribution in [-0.4, -0.2) is 5.84 Å². The molecule has 0 unspecified atom stereocenters. The van der Waals surface area contributed by atoms with E-state index < -0.39 is 0 Å². The summed E-state index contributed by atoms with van der Waals surface area (Å²) in [6, 6.07) is 1.71. The summed E-state index contributed by atoms with van der Waals surface area (Å²) in [5.74, 6) is 0.0833. The number of halogens is 1. The van der Waals surface area contributed by atoms with E-state index in [0.29, 0.717) is 5.02 Å². The Morgan fingerprint density at radius 3 is 2.60 bits per heavy atom. The standard InChI is InChI=1S/C6H7ClN2S/c1-3-4(7)2-5(10-3)6(8)9/h2H,1H3,(H3,8,9). The van der Waals surface area contributed by atoms with Crippen LogP contribution in [0.25, 0.3) is 0 Å². The van der Waals surface area contributed by atoms with Crippen LogP contribution in [0.4, 0.5) is 0 Å². The molecule has 10 heavy (non-hydrogen) atoms. The van der Waals surface area contributed by atoms with Crippen molar-refractivity contribution in [2.45, 2.75) is 6.92 Å². The molecule has 0 amide bonds. The number of nitrogen functional groups attached to an aromatic ring is 1. The van der Waals surface area contributed by atoms with Gasteiger partial charge in [-0.25, -0.2) is 0 Å². The topological polar surface area (TPSA) is 49.9 Å². The van der Waals surface area contributed by atoms with Crippen molar-refractivity contribution in [1.82, 2.24) is 0 Å². The maximum atomic E-state index is 7.07. The Labute approximate surface area is 68.1 Å². The highest BCUT2D eigenvalue weighted by Crippen LogP contribution is 2.24. The minimum atomic E-state index is 0.0833. The van der Waals surface area contributed by atoms with Crippen LogP contribution in [0, 0.1) is 12.3 Å². The lowest BCUT2D eigenvalue weighted by atomic mass is 10.4. The third-order valence-electron chi connectivity index (χ3n) is 1.12. The summed E-state index contributed by atoms with van der Waals surface area (Å²) in [5.41, 5.74) is 5.23. The quantitative estimate of drug-likeness (QED) is 0.497. The molecule has 3 N–H and O–H groups in total. The van der Waals surface area contributed by atoms with Crippen molar-refractivity contribution in [3.8, 4) is 0 Å². The average molecular weight is 175 g/mol. The predicted molar refractivity (Wildman–Crippen MR) is 45.1 cm³/mol. The van der Waals surface area contributed by atoms with Gasteiger partial charge in [0.05, 0.1) is 9.90 Å². The van der Waals surface area contributed by atoms with Crippen molar-refractivity contribution >= 4 is 28.8 Å². The number of hydrogen-bond acceptors (Lipinski definition) is 2. The number of amidine groups is 1. The Bertz CT molecular complexity index is 247. The van der Waals surface area contributed by atoms with Crippen LogP contribution in [-0.2, 0) is 0 Å². The Morgan fingerprint density at radius 1 is 1.80 bits per heavy atom. The van der Waals surface area contributed by atoms with Crippen molar-refractivity contribution in [1.29, 1.82) is 5.41 Å². The average Bonchev–Trinajstić information content (AvgIpc) is 2.13. The van der Waals surface area contributed by atoms with Gasteiger partial charge in [-0.15, -0.1) is 11.3 Å². The van der Waals surface area contributed by atoms with Gasteiger partial charge in [0.15, 0.2) is 0 Å². The first-order valence-electron chi connectivity index (χ1n) is 2.71. The molecule has 54 valence electrons. The summed E-state index contributed by atoms with van der Waals surface area (Å²) in [5, 5.41) is 7.76. The van der Waals surface area contributed by atoms with E-state index in [4.69, 9.17) is 22.7 Å². The van der Waals surface area contributed by atoms with E-state index in [-0.39, 0.29) is 5.84 Å². The third kappa shape index (κ3) is 1.30. The van der Waals surface area contributed by atoms with E-state index >= 15 is 0 Å². The van der Waals surface area contributed by atoms with Crippen molar-refractivity contribution < 1.29 is 0 Å². The van der Waals surface area contributed by atoms with Gasteiger partial charge in [-0.3, -0.25) is 5.41 Å². The van der Waals surface area contributed by atoms with E-state index in [1.54, 1.807) is 6.07 Å². The number of rotatable bonds is 1. The summed E-state index contributed by atoms with van der Waals surface area (Å²) in [4.78, 5) is 1.74. The zero-order chi connectivity index (χ0) is 7.72. The van der Waals surface area contributed by atoms with Gasteiger partial charge in [-0.05, 0) is 13.0 Å². The maximum absolute atomic E-state index is 7.07. The van der Waals surface area contributed by atoms with E-state index in [0.717, 1.165) is 9.75 Å². The molecule has 1 aromatic rings. The highest BCUT2D eigenvalue weighted by atomic mass is 35.5. The summed E-state index contributed by atoms with van der Waals surface area (Å²) < 4.78 is 0. The molecule has 0 aliphatic rings. The highest BCUT2D eigenvalue weighted by Gasteiger charge is 2.03. The molecule has 0 aliphatic heterocycles. The van der Waals surface area contributed by atoms with Crippen LogP contribution in [0.5, 0.6) is 0 Å². The fourth-order valence-corrected chi connectivity index (χ4v) is 1.66. The van der Waals surface area contributed by atoms with Crippen molar-refractivity contribution in [3.63, 3.8) is 0 Å². The maximum Gasteiger partial charge on any atom is 0.133 e. The summed E-state index contributed by atoms with van der Waals surface area (Å²) >= 11 is 7.17. The first kappa shape index (κ1) is 7.57.